The lowest BCUT2D eigenvalue weighted by Gasteiger charge is -2.17. The molecule has 0 N–H and O–H groups in total. The second-order valence-corrected chi connectivity index (χ2v) is 8.88. The first-order valence-electron chi connectivity index (χ1n) is 12.0. The fourth-order valence-corrected chi connectivity index (χ4v) is 2.31. The molecule has 212 valence electrons. The molecule has 0 aliphatic carbocycles. The normalized spacial score (nSPS) is 9.64. The predicted molar refractivity (Wildman–Crippen MR) is 157 cm³/mol. The Morgan fingerprint density at radius 2 is 0.970 bits per heavy atom. The zero-order valence-corrected chi connectivity index (χ0v) is 21.9. The van der Waals surface area contributed by atoms with Crippen LogP contribution < -0.4 is 0 Å². The Morgan fingerprint density at radius 1 is 0.545 bits per heavy atom. The summed E-state index contributed by atoms with van der Waals surface area (Å²) in [6.07, 6.45) is 6.22. The molecule has 0 heterocycles. The highest BCUT2D eigenvalue weighted by atomic mass is 16.5. The molecule has 0 aliphatic rings. The average Bonchev–Trinajstić information content (AvgIpc) is 2.67. The van der Waals surface area contributed by atoms with Gasteiger partial charge in [0, 0.05) is 40.6 Å². The molecule has 0 radical (unpaired) electrons. The van der Waals surface area contributed by atoms with Gasteiger partial charge in [-0.3, -0.25) is 0 Å². The molecule has 4 nitrogen and oxygen atoms in total. The van der Waals surface area contributed by atoms with Crippen molar-refractivity contribution in [3.8, 4) is 0 Å². The number of ether oxygens (including phenoxy) is 3. The third-order valence-corrected chi connectivity index (χ3v) is 4.57. The average molecular weight is 484 g/mol. The van der Waals surface area contributed by atoms with Crippen molar-refractivity contribution in [3.63, 3.8) is 0 Å². The molecule has 0 unspecified atom stereocenters. The molecule has 0 aromatic heterocycles. The van der Waals surface area contributed by atoms with Crippen molar-refractivity contribution in [2.75, 3.05) is 60.3 Å². The molecule has 0 bridgehead atoms. The Balaban J connectivity index is -0.0000000605. The fraction of sp³-hybridized carbons (Fsp3) is 1.00. The van der Waals surface area contributed by atoms with Crippen LogP contribution in [0.15, 0.2) is 0 Å². The first-order chi connectivity index (χ1) is 13.7. The Bertz CT molecular complexity index is 268. The molecule has 0 saturated carbocycles. The minimum Gasteiger partial charge on any atom is -0.385 e. The van der Waals surface area contributed by atoms with Crippen LogP contribution in [0.25, 0.3) is 0 Å². The molecule has 0 aromatic carbocycles. The second kappa shape index (κ2) is 42.0. The van der Waals surface area contributed by atoms with Crippen LogP contribution in [-0.4, -0.2) is 65.2 Å². The minimum absolute atomic E-state index is 0. The van der Waals surface area contributed by atoms with Crippen molar-refractivity contribution in [2.24, 2.45) is 17.8 Å². The van der Waals surface area contributed by atoms with E-state index in [1.54, 1.807) is 14.2 Å². The number of hydrogen-bond acceptors (Lipinski definition) is 4. The van der Waals surface area contributed by atoms with Crippen LogP contribution in [0.5, 0.6) is 0 Å². The molecule has 0 atom stereocenters. The second-order valence-electron chi connectivity index (χ2n) is 8.88. The fourth-order valence-electron chi connectivity index (χ4n) is 2.31. The molecule has 33 heavy (non-hydrogen) atoms. The van der Waals surface area contributed by atoms with E-state index < -0.39 is 0 Å². The quantitative estimate of drug-likeness (QED) is 0.205. The number of likely N-dealkylation sites (N-methyl/N-ethyl adjacent to an activating group) is 1. The lowest BCUT2D eigenvalue weighted by molar-refractivity contribution is 0.0991. The third-order valence-electron chi connectivity index (χ3n) is 4.57. The van der Waals surface area contributed by atoms with Gasteiger partial charge in [-0.25, -0.2) is 0 Å². The maximum Gasteiger partial charge on any atom is 0.0593 e. The topological polar surface area (TPSA) is 30.9 Å². The van der Waals surface area contributed by atoms with Crippen molar-refractivity contribution >= 4 is 0 Å². The van der Waals surface area contributed by atoms with Crippen LogP contribution in [0.4, 0.5) is 0 Å². The van der Waals surface area contributed by atoms with E-state index in [4.69, 9.17) is 14.2 Å². The van der Waals surface area contributed by atoms with Gasteiger partial charge in [0.15, 0.2) is 0 Å². The summed E-state index contributed by atoms with van der Waals surface area (Å²) in [4.78, 5) is 2.38. The van der Waals surface area contributed by atoms with Gasteiger partial charge in [0.1, 0.15) is 0 Å². The standard InChI is InChI=1S/C11H25NO.C8H18O.C6H14O.4CH4/c1-5-12(6-2)8-10-13-9-7-11(3)4;1-8(2)6-4-5-7-9-3;1-6(2)4-5-7-3;;;;/h11H,5-10H2,1-4H3;8H,4-7H2,1-3H3;6H,4-5H2,1-3H3;4*1H4. The van der Waals surface area contributed by atoms with Gasteiger partial charge in [-0.15, -0.1) is 0 Å². The number of hydrogen-bond donors (Lipinski definition) is 0. The summed E-state index contributed by atoms with van der Waals surface area (Å²) < 4.78 is 15.3. The van der Waals surface area contributed by atoms with E-state index in [0.29, 0.717) is 0 Å². The Labute approximate surface area is 214 Å². The minimum atomic E-state index is 0. The Morgan fingerprint density at radius 3 is 1.30 bits per heavy atom. The Kier molecular flexibility index (Phi) is 63.5. The van der Waals surface area contributed by atoms with Gasteiger partial charge in [0.25, 0.3) is 0 Å². The van der Waals surface area contributed by atoms with E-state index >= 15 is 0 Å². The molecule has 0 aromatic rings. The lowest BCUT2D eigenvalue weighted by Crippen LogP contribution is -2.27. The zero-order valence-electron chi connectivity index (χ0n) is 21.9. The Hall–Kier alpha value is -0.160. The van der Waals surface area contributed by atoms with Crippen LogP contribution in [0.3, 0.4) is 0 Å². The highest BCUT2D eigenvalue weighted by molar-refractivity contribution is 4.51. The predicted octanol–water partition coefficient (Wildman–Crippen LogP) is 9.07. The summed E-state index contributed by atoms with van der Waals surface area (Å²) in [6.45, 7) is 24.7. The molecule has 0 spiro atoms. The monoisotopic (exact) mass is 484 g/mol. The number of rotatable bonds is 16. The van der Waals surface area contributed by atoms with Gasteiger partial charge in [0.2, 0.25) is 0 Å². The van der Waals surface area contributed by atoms with E-state index in [1.807, 2.05) is 0 Å². The molecule has 0 aliphatic heterocycles. The van der Waals surface area contributed by atoms with Crippen LogP contribution >= 0.6 is 0 Å². The van der Waals surface area contributed by atoms with Crippen molar-refractivity contribution in [1.29, 1.82) is 0 Å². The van der Waals surface area contributed by atoms with Crippen molar-refractivity contribution in [1.82, 2.24) is 4.90 Å². The van der Waals surface area contributed by atoms with Crippen molar-refractivity contribution in [2.45, 2.75) is 117 Å². The summed E-state index contributed by atoms with van der Waals surface area (Å²) in [6, 6.07) is 0. The van der Waals surface area contributed by atoms with Crippen LogP contribution in [0, 0.1) is 17.8 Å². The van der Waals surface area contributed by atoms with Crippen molar-refractivity contribution < 1.29 is 14.2 Å². The highest BCUT2D eigenvalue weighted by Crippen LogP contribution is 2.05. The summed E-state index contributed by atoms with van der Waals surface area (Å²) >= 11 is 0. The van der Waals surface area contributed by atoms with Gasteiger partial charge in [-0.1, -0.05) is 97.9 Å². The largest absolute Gasteiger partial charge is 0.385 e. The van der Waals surface area contributed by atoms with Gasteiger partial charge < -0.3 is 19.1 Å². The number of methoxy groups -OCH3 is 2. The lowest BCUT2D eigenvalue weighted by atomic mass is 10.1. The van der Waals surface area contributed by atoms with Crippen LogP contribution in [-0.2, 0) is 14.2 Å². The summed E-state index contributed by atoms with van der Waals surface area (Å²) in [5.41, 5.74) is 0. The first kappa shape index (κ1) is 49.9. The number of unbranched alkanes of at least 4 members (excludes halogenated alkanes) is 1. The smallest absolute Gasteiger partial charge is 0.0593 e. The third kappa shape index (κ3) is 59.4. The molecular weight excluding hydrogens is 410 g/mol. The molecule has 4 heteroatoms. The molecule has 0 amide bonds. The summed E-state index contributed by atoms with van der Waals surface area (Å²) in [7, 11) is 3.50. The summed E-state index contributed by atoms with van der Waals surface area (Å²) in [5, 5.41) is 0. The maximum absolute atomic E-state index is 5.54. The van der Waals surface area contributed by atoms with Gasteiger partial charge in [-0.2, -0.15) is 0 Å². The number of nitrogens with zero attached hydrogens (tertiary/aromatic N) is 1. The molecule has 0 saturated heterocycles. The van der Waals surface area contributed by atoms with E-state index in [9.17, 15) is 0 Å². The van der Waals surface area contributed by atoms with Crippen LogP contribution in [0.1, 0.15) is 117 Å². The van der Waals surface area contributed by atoms with Gasteiger partial charge in [0.05, 0.1) is 6.61 Å². The van der Waals surface area contributed by atoms with Gasteiger partial charge in [-0.05, 0) is 50.1 Å². The SMILES string of the molecule is C.C.C.C.CCN(CC)CCOCCC(C)C.COCCC(C)C.COCCCCC(C)C. The summed E-state index contributed by atoms with van der Waals surface area (Å²) in [5.74, 6) is 2.38. The molecule has 0 rings (SSSR count). The van der Waals surface area contributed by atoms with Crippen molar-refractivity contribution in [3.05, 3.63) is 0 Å². The first-order valence-corrected chi connectivity index (χ1v) is 12.0. The van der Waals surface area contributed by atoms with E-state index in [2.05, 4.69) is 60.3 Å². The molecular formula is C29H73NO3. The highest BCUT2D eigenvalue weighted by Gasteiger charge is 1.98. The van der Waals surface area contributed by atoms with E-state index in [0.717, 1.165) is 63.8 Å². The molecule has 0 fully saturated rings. The van der Waals surface area contributed by atoms with E-state index in [-0.39, 0.29) is 29.7 Å². The van der Waals surface area contributed by atoms with Gasteiger partial charge >= 0.3 is 0 Å². The van der Waals surface area contributed by atoms with E-state index in [1.165, 1.54) is 32.1 Å². The van der Waals surface area contributed by atoms with Crippen LogP contribution in [0.2, 0.25) is 0 Å². The zero-order chi connectivity index (χ0) is 22.9. The maximum atomic E-state index is 5.54.